The summed E-state index contributed by atoms with van der Waals surface area (Å²) in [5, 5.41) is 2.83. The van der Waals surface area contributed by atoms with E-state index < -0.39 is 0 Å². The molecule has 4 heteroatoms. The van der Waals surface area contributed by atoms with Crippen LogP contribution < -0.4 is 10.2 Å². The third-order valence-electron chi connectivity index (χ3n) is 2.34. The summed E-state index contributed by atoms with van der Waals surface area (Å²) in [6.45, 7) is 0.659. The SMILES string of the molecule is CN(C)c1cc(I)c2c(c1)CNC2=O. The first-order valence-corrected chi connectivity index (χ1v) is 5.45. The van der Waals surface area contributed by atoms with E-state index in [0.29, 0.717) is 6.54 Å². The summed E-state index contributed by atoms with van der Waals surface area (Å²) in [4.78, 5) is 13.5. The van der Waals surface area contributed by atoms with Crippen molar-refractivity contribution in [2.24, 2.45) is 0 Å². The molecule has 1 heterocycles. The van der Waals surface area contributed by atoms with Crippen molar-refractivity contribution in [2.45, 2.75) is 6.54 Å². The van der Waals surface area contributed by atoms with Crippen LogP contribution in [0.5, 0.6) is 0 Å². The van der Waals surface area contributed by atoms with E-state index in [1.54, 1.807) is 0 Å². The van der Waals surface area contributed by atoms with Gasteiger partial charge in [-0.05, 0) is 40.3 Å². The molecule has 0 saturated heterocycles. The van der Waals surface area contributed by atoms with Gasteiger partial charge in [-0.15, -0.1) is 0 Å². The lowest BCUT2D eigenvalue weighted by molar-refractivity contribution is 0.0965. The van der Waals surface area contributed by atoms with Gasteiger partial charge in [0.05, 0.1) is 5.56 Å². The van der Waals surface area contributed by atoms with Crippen LogP contribution in [0.2, 0.25) is 0 Å². The standard InChI is InChI=1S/C10H11IN2O/c1-13(2)7-3-6-5-12-10(14)9(6)8(11)4-7/h3-4H,5H2,1-2H3,(H,12,14). The molecule has 1 aromatic rings. The Balaban J connectivity index is 2.57. The Hall–Kier alpha value is -0.780. The van der Waals surface area contributed by atoms with Crippen LogP contribution in [-0.4, -0.2) is 20.0 Å². The van der Waals surface area contributed by atoms with Crippen LogP contribution in [0.3, 0.4) is 0 Å². The summed E-state index contributed by atoms with van der Waals surface area (Å²) in [7, 11) is 4.00. The maximum absolute atomic E-state index is 11.4. The number of hydrogen-bond donors (Lipinski definition) is 1. The number of halogens is 1. The zero-order valence-corrected chi connectivity index (χ0v) is 10.3. The van der Waals surface area contributed by atoms with Gasteiger partial charge in [0.15, 0.2) is 0 Å². The summed E-state index contributed by atoms with van der Waals surface area (Å²) in [6.07, 6.45) is 0. The molecule has 1 aliphatic heterocycles. The first kappa shape index (κ1) is 9.76. The van der Waals surface area contributed by atoms with Crippen molar-refractivity contribution in [2.75, 3.05) is 19.0 Å². The van der Waals surface area contributed by atoms with Gasteiger partial charge in [-0.3, -0.25) is 4.79 Å². The van der Waals surface area contributed by atoms with E-state index in [4.69, 9.17) is 0 Å². The summed E-state index contributed by atoms with van der Waals surface area (Å²) < 4.78 is 1.03. The number of fused-ring (bicyclic) bond motifs is 1. The lowest BCUT2D eigenvalue weighted by Crippen LogP contribution is -2.13. The highest BCUT2D eigenvalue weighted by Gasteiger charge is 2.22. The molecular formula is C10H11IN2O. The van der Waals surface area contributed by atoms with Crippen LogP contribution in [0.4, 0.5) is 5.69 Å². The molecule has 0 unspecified atom stereocenters. The molecular weight excluding hydrogens is 291 g/mol. The molecule has 3 nitrogen and oxygen atoms in total. The van der Waals surface area contributed by atoms with E-state index in [2.05, 4.69) is 34.0 Å². The van der Waals surface area contributed by atoms with Gasteiger partial charge in [0, 0.05) is 29.9 Å². The zero-order valence-electron chi connectivity index (χ0n) is 8.10. The van der Waals surface area contributed by atoms with Gasteiger partial charge in [0.2, 0.25) is 0 Å². The van der Waals surface area contributed by atoms with E-state index in [9.17, 15) is 4.79 Å². The Morgan fingerprint density at radius 1 is 1.43 bits per heavy atom. The Labute approximate surface area is 96.6 Å². The van der Waals surface area contributed by atoms with E-state index in [-0.39, 0.29) is 5.91 Å². The number of anilines is 1. The third kappa shape index (κ3) is 1.47. The molecule has 0 atom stereocenters. The van der Waals surface area contributed by atoms with Gasteiger partial charge in [0.25, 0.3) is 5.91 Å². The van der Waals surface area contributed by atoms with Crippen LogP contribution in [0.15, 0.2) is 12.1 Å². The molecule has 0 bridgehead atoms. The molecule has 0 spiro atoms. The fraction of sp³-hybridized carbons (Fsp3) is 0.300. The monoisotopic (exact) mass is 302 g/mol. The number of nitrogens with zero attached hydrogens (tertiary/aromatic N) is 1. The first-order chi connectivity index (χ1) is 6.59. The maximum Gasteiger partial charge on any atom is 0.252 e. The van der Waals surface area contributed by atoms with Crippen LogP contribution in [-0.2, 0) is 6.54 Å². The number of carbonyl (C=O) groups excluding carboxylic acids is 1. The molecule has 0 fully saturated rings. The van der Waals surface area contributed by atoms with Crippen molar-refractivity contribution in [3.8, 4) is 0 Å². The van der Waals surface area contributed by atoms with Crippen molar-refractivity contribution >= 4 is 34.2 Å². The summed E-state index contributed by atoms with van der Waals surface area (Å²) in [5.74, 6) is 0.0507. The second kappa shape index (κ2) is 3.42. The minimum atomic E-state index is 0.0507. The first-order valence-electron chi connectivity index (χ1n) is 4.37. The molecule has 1 N–H and O–H groups in total. The normalized spacial score (nSPS) is 13.8. The van der Waals surface area contributed by atoms with Gasteiger partial charge < -0.3 is 10.2 Å². The zero-order chi connectivity index (χ0) is 10.3. The van der Waals surface area contributed by atoms with E-state index in [1.165, 1.54) is 0 Å². The molecule has 14 heavy (non-hydrogen) atoms. The summed E-state index contributed by atoms with van der Waals surface area (Å²) in [6, 6.07) is 4.10. The minimum absolute atomic E-state index is 0.0507. The van der Waals surface area contributed by atoms with E-state index >= 15 is 0 Å². The fourth-order valence-corrected chi connectivity index (χ4v) is 2.47. The predicted molar refractivity (Wildman–Crippen MR) is 64.7 cm³/mol. The molecule has 0 aliphatic carbocycles. The van der Waals surface area contributed by atoms with Gasteiger partial charge in [-0.1, -0.05) is 0 Å². The Morgan fingerprint density at radius 2 is 2.14 bits per heavy atom. The van der Waals surface area contributed by atoms with Crippen molar-refractivity contribution in [3.05, 3.63) is 26.8 Å². The molecule has 0 radical (unpaired) electrons. The number of benzene rings is 1. The highest BCUT2D eigenvalue weighted by molar-refractivity contribution is 14.1. The molecule has 1 aromatic carbocycles. The van der Waals surface area contributed by atoms with Crippen molar-refractivity contribution in [3.63, 3.8) is 0 Å². The fourth-order valence-electron chi connectivity index (χ4n) is 1.56. The molecule has 1 amide bonds. The van der Waals surface area contributed by atoms with Gasteiger partial charge in [0.1, 0.15) is 0 Å². The second-order valence-electron chi connectivity index (χ2n) is 3.54. The van der Waals surface area contributed by atoms with E-state index in [1.807, 2.05) is 25.1 Å². The summed E-state index contributed by atoms with van der Waals surface area (Å²) in [5.41, 5.74) is 3.09. The third-order valence-corrected chi connectivity index (χ3v) is 3.19. The molecule has 0 saturated carbocycles. The Morgan fingerprint density at radius 3 is 2.79 bits per heavy atom. The average Bonchev–Trinajstić information content (AvgIpc) is 2.48. The smallest absolute Gasteiger partial charge is 0.252 e. The number of nitrogens with one attached hydrogen (secondary N) is 1. The Bertz CT molecular complexity index is 401. The lowest BCUT2D eigenvalue weighted by atomic mass is 10.1. The van der Waals surface area contributed by atoms with Crippen molar-refractivity contribution < 1.29 is 4.79 Å². The van der Waals surface area contributed by atoms with E-state index in [0.717, 1.165) is 20.4 Å². The highest BCUT2D eigenvalue weighted by Crippen LogP contribution is 2.27. The highest BCUT2D eigenvalue weighted by atomic mass is 127. The van der Waals surface area contributed by atoms with Gasteiger partial charge >= 0.3 is 0 Å². The molecule has 0 aromatic heterocycles. The van der Waals surface area contributed by atoms with Crippen molar-refractivity contribution in [1.29, 1.82) is 0 Å². The van der Waals surface area contributed by atoms with Crippen LogP contribution >= 0.6 is 22.6 Å². The molecule has 74 valence electrons. The average molecular weight is 302 g/mol. The van der Waals surface area contributed by atoms with Crippen LogP contribution in [0.25, 0.3) is 0 Å². The van der Waals surface area contributed by atoms with Gasteiger partial charge in [-0.25, -0.2) is 0 Å². The van der Waals surface area contributed by atoms with Gasteiger partial charge in [-0.2, -0.15) is 0 Å². The topological polar surface area (TPSA) is 32.3 Å². The molecule has 1 aliphatic rings. The largest absolute Gasteiger partial charge is 0.378 e. The predicted octanol–water partition coefficient (Wildman–Crippen LogP) is 1.60. The molecule has 2 rings (SSSR count). The van der Waals surface area contributed by atoms with Crippen LogP contribution in [0.1, 0.15) is 15.9 Å². The maximum atomic E-state index is 11.4. The Kier molecular flexibility index (Phi) is 2.38. The minimum Gasteiger partial charge on any atom is -0.378 e. The summed E-state index contributed by atoms with van der Waals surface area (Å²) >= 11 is 2.21. The number of rotatable bonds is 1. The second-order valence-corrected chi connectivity index (χ2v) is 4.70. The quantitative estimate of drug-likeness (QED) is 0.799. The number of amides is 1. The van der Waals surface area contributed by atoms with Crippen LogP contribution in [0, 0.1) is 3.57 Å². The number of carbonyl (C=O) groups is 1. The lowest BCUT2D eigenvalue weighted by Gasteiger charge is -2.14. The van der Waals surface area contributed by atoms with Crippen molar-refractivity contribution in [1.82, 2.24) is 5.32 Å². The number of hydrogen-bond acceptors (Lipinski definition) is 2.